The average Bonchev–Trinajstić information content (AvgIpc) is 3.44. The number of rotatable bonds is 8. The van der Waals surface area contributed by atoms with Crippen molar-refractivity contribution >= 4 is 17.5 Å². The number of hydrogen-bond donors (Lipinski definition) is 2. The molecule has 1 amide bonds. The van der Waals surface area contributed by atoms with Gasteiger partial charge in [0.1, 0.15) is 19.0 Å². The molecule has 178 valence electrons. The third kappa shape index (κ3) is 5.20. The zero-order chi connectivity index (χ0) is 24.2. The number of ether oxygens (including phenoxy) is 1. The molecule has 1 aliphatic rings. The lowest BCUT2D eigenvalue weighted by atomic mass is 9.90. The van der Waals surface area contributed by atoms with E-state index in [4.69, 9.17) is 9.15 Å². The third-order valence-corrected chi connectivity index (χ3v) is 5.86. The molecular formula is C26H25N5O4. The molecule has 3 aromatic heterocycles. The Balaban J connectivity index is 1.35. The highest BCUT2D eigenvalue weighted by Gasteiger charge is 2.26. The highest BCUT2D eigenvalue weighted by molar-refractivity contribution is 6.01. The fourth-order valence-electron chi connectivity index (χ4n) is 4.35. The molecule has 35 heavy (non-hydrogen) atoms. The van der Waals surface area contributed by atoms with E-state index < -0.39 is 0 Å². The number of hydrogen-bond acceptors (Lipinski definition) is 7. The van der Waals surface area contributed by atoms with Gasteiger partial charge in [-0.15, -0.1) is 10.2 Å². The number of aromatic amines is 1. The van der Waals surface area contributed by atoms with Crippen molar-refractivity contribution in [1.82, 2.24) is 20.2 Å². The average molecular weight is 472 g/mol. The van der Waals surface area contributed by atoms with E-state index in [2.05, 4.69) is 37.6 Å². The molecule has 4 aromatic rings. The molecule has 3 heterocycles. The van der Waals surface area contributed by atoms with E-state index in [0.717, 1.165) is 46.5 Å². The minimum atomic E-state index is -0.351. The van der Waals surface area contributed by atoms with E-state index >= 15 is 0 Å². The van der Waals surface area contributed by atoms with Crippen molar-refractivity contribution in [3.63, 3.8) is 0 Å². The summed E-state index contributed by atoms with van der Waals surface area (Å²) in [6, 6.07) is 13.8. The Hall–Kier alpha value is -4.11. The number of anilines is 1. The van der Waals surface area contributed by atoms with E-state index in [1.807, 2.05) is 24.3 Å². The first-order valence-electron chi connectivity index (χ1n) is 11.5. The van der Waals surface area contributed by atoms with Crippen molar-refractivity contribution in [2.75, 3.05) is 11.9 Å². The van der Waals surface area contributed by atoms with E-state index in [9.17, 15) is 9.59 Å². The van der Waals surface area contributed by atoms with Crippen LogP contribution in [0.4, 0.5) is 5.82 Å². The predicted octanol–water partition coefficient (Wildman–Crippen LogP) is 4.03. The molecule has 0 bridgehead atoms. The summed E-state index contributed by atoms with van der Waals surface area (Å²) in [4.78, 5) is 33.0. The summed E-state index contributed by atoms with van der Waals surface area (Å²) >= 11 is 0. The lowest BCUT2D eigenvalue weighted by Crippen LogP contribution is -2.19. The van der Waals surface area contributed by atoms with Crippen molar-refractivity contribution in [3.05, 3.63) is 82.8 Å². The standard InChI is InChI=1S/C26H25N5O4/c1-16-30-31-24(35-16)15-34-14-23(33)29-22-13-18(10-11-27-22)26-19(12-17-6-3-2-4-7-17)25-20(28-26)8-5-9-21(25)32/h2-4,6-7,10-11,13,28H,5,8-9,12,14-15H2,1H3,(H,27,29,33). The molecule has 0 unspecified atom stereocenters. The fraction of sp³-hybridized carbons (Fsp3) is 0.269. The molecule has 0 atom stereocenters. The van der Waals surface area contributed by atoms with Gasteiger partial charge in [0.25, 0.3) is 5.91 Å². The number of benzene rings is 1. The number of H-pyrrole nitrogens is 1. The van der Waals surface area contributed by atoms with Crippen molar-refractivity contribution in [3.8, 4) is 11.3 Å². The van der Waals surface area contributed by atoms with Crippen LogP contribution in [0.1, 0.15) is 51.8 Å². The molecular weight excluding hydrogens is 446 g/mol. The monoisotopic (exact) mass is 471 g/mol. The first kappa shape index (κ1) is 22.7. The van der Waals surface area contributed by atoms with Gasteiger partial charge in [0, 0.05) is 42.8 Å². The van der Waals surface area contributed by atoms with Gasteiger partial charge in [0.05, 0.1) is 5.69 Å². The normalized spacial score (nSPS) is 13.0. The number of ketones is 1. The number of pyridine rings is 1. The molecule has 0 saturated carbocycles. The van der Waals surface area contributed by atoms with Crippen LogP contribution < -0.4 is 5.32 Å². The molecule has 9 heteroatoms. The number of nitrogens with one attached hydrogen (secondary N) is 2. The summed E-state index contributed by atoms with van der Waals surface area (Å²) in [6.07, 6.45) is 4.53. The van der Waals surface area contributed by atoms with Crippen LogP contribution in [0.15, 0.2) is 53.1 Å². The maximum absolute atomic E-state index is 12.8. The molecule has 9 nitrogen and oxygen atoms in total. The van der Waals surface area contributed by atoms with Crippen LogP contribution in [0.5, 0.6) is 0 Å². The van der Waals surface area contributed by atoms with Gasteiger partial charge in [-0.3, -0.25) is 9.59 Å². The smallest absolute Gasteiger partial charge is 0.251 e. The van der Waals surface area contributed by atoms with Gasteiger partial charge in [-0.1, -0.05) is 30.3 Å². The van der Waals surface area contributed by atoms with Crippen LogP contribution >= 0.6 is 0 Å². The fourth-order valence-corrected chi connectivity index (χ4v) is 4.35. The lowest BCUT2D eigenvalue weighted by molar-refractivity contribution is -0.121. The number of Topliss-reactive ketones (excluding diaryl/α,β-unsaturated/α-hetero) is 1. The summed E-state index contributed by atoms with van der Waals surface area (Å²) in [5, 5.41) is 10.3. The van der Waals surface area contributed by atoms with E-state index in [1.54, 1.807) is 19.2 Å². The van der Waals surface area contributed by atoms with Crippen LogP contribution in [0.2, 0.25) is 0 Å². The second-order valence-electron chi connectivity index (χ2n) is 8.46. The molecule has 0 aliphatic heterocycles. The lowest BCUT2D eigenvalue weighted by Gasteiger charge is -2.12. The molecule has 5 rings (SSSR count). The van der Waals surface area contributed by atoms with Gasteiger partial charge in [-0.05, 0) is 36.1 Å². The van der Waals surface area contributed by atoms with Gasteiger partial charge in [0.15, 0.2) is 5.78 Å². The SMILES string of the molecule is Cc1nnc(COCC(=O)Nc2cc(-c3[nH]c4c(c3Cc3ccccc3)C(=O)CCC4)ccn2)o1. The molecule has 0 fully saturated rings. The van der Waals surface area contributed by atoms with Gasteiger partial charge < -0.3 is 19.5 Å². The van der Waals surface area contributed by atoms with Crippen LogP contribution in [-0.4, -0.2) is 38.5 Å². The van der Waals surface area contributed by atoms with E-state index in [-0.39, 0.29) is 24.9 Å². The number of aromatic nitrogens is 4. The van der Waals surface area contributed by atoms with Crippen molar-refractivity contribution in [1.29, 1.82) is 0 Å². The van der Waals surface area contributed by atoms with Crippen LogP contribution in [0.25, 0.3) is 11.3 Å². The molecule has 0 spiro atoms. The Morgan fingerprint density at radius 1 is 1.17 bits per heavy atom. The number of carbonyl (C=O) groups is 2. The number of fused-ring (bicyclic) bond motifs is 1. The number of aryl methyl sites for hydroxylation is 2. The predicted molar refractivity (Wildman–Crippen MR) is 128 cm³/mol. The minimum Gasteiger partial charge on any atom is -0.423 e. The summed E-state index contributed by atoms with van der Waals surface area (Å²) in [6.45, 7) is 1.55. The maximum atomic E-state index is 12.8. The van der Waals surface area contributed by atoms with Crippen molar-refractivity contribution in [2.45, 2.75) is 39.2 Å². The second-order valence-corrected chi connectivity index (χ2v) is 8.46. The van der Waals surface area contributed by atoms with E-state index in [0.29, 0.717) is 30.4 Å². The zero-order valence-electron chi connectivity index (χ0n) is 19.3. The Kier molecular flexibility index (Phi) is 6.49. The number of nitrogens with zero attached hydrogens (tertiary/aromatic N) is 3. The van der Waals surface area contributed by atoms with E-state index in [1.165, 1.54) is 0 Å². The number of carbonyl (C=O) groups excluding carboxylic acids is 2. The maximum Gasteiger partial charge on any atom is 0.251 e. The Labute approximate surface area is 201 Å². The zero-order valence-corrected chi connectivity index (χ0v) is 19.3. The van der Waals surface area contributed by atoms with Gasteiger partial charge >= 0.3 is 0 Å². The summed E-state index contributed by atoms with van der Waals surface area (Å²) < 4.78 is 10.6. The highest BCUT2D eigenvalue weighted by Crippen LogP contribution is 2.35. The second kappa shape index (κ2) is 10.0. The van der Waals surface area contributed by atoms with Crippen LogP contribution in [-0.2, 0) is 29.0 Å². The largest absolute Gasteiger partial charge is 0.423 e. The van der Waals surface area contributed by atoms with Crippen LogP contribution in [0, 0.1) is 6.92 Å². The number of amides is 1. The summed E-state index contributed by atoms with van der Waals surface area (Å²) in [5.74, 6) is 0.974. The Morgan fingerprint density at radius 2 is 2.03 bits per heavy atom. The Morgan fingerprint density at radius 3 is 2.83 bits per heavy atom. The van der Waals surface area contributed by atoms with Crippen LogP contribution in [0.3, 0.4) is 0 Å². The molecule has 2 N–H and O–H groups in total. The van der Waals surface area contributed by atoms with Gasteiger partial charge in [-0.25, -0.2) is 4.98 Å². The topological polar surface area (TPSA) is 123 Å². The first-order chi connectivity index (χ1) is 17.1. The highest BCUT2D eigenvalue weighted by atomic mass is 16.5. The quantitative estimate of drug-likeness (QED) is 0.398. The third-order valence-electron chi connectivity index (χ3n) is 5.86. The van der Waals surface area contributed by atoms with Gasteiger partial charge in [-0.2, -0.15) is 0 Å². The molecule has 0 saturated heterocycles. The molecule has 1 aliphatic carbocycles. The first-order valence-corrected chi connectivity index (χ1v) is 11.5. The van der Waals surface area contributed by atoms with Crippen molar-refractivity contribution in [2.24, 2.45) is 0 Å². The summed E-state index contributed by atoms with van der Waals surface area (Å²) in [7, 11) is 0. The molecule has 0 radical (unpaired) electrons. The van der Waals surface area contributed by atoms with Gasteiger partial charge in [0.2, 0.25) is 11.8 Å². The van der Waals surface area contributed by atoms with Crippen molar-refractivity contribution < 1.29 is 18.7 Å². The summed E-state index contributed by atoms with van der Waals surface area (Å²) in [5.41, 5.74) is 5.64. The Bertz CT molecular complexity index is 1360. The molecule has 1 aromatic carbocycles. The minimum absolute atomic E-state index is 0.0482.